The summed E-state index contributed by atoms with van der Waals surface area (Å²) < 4.78 is 11.5. The van der Waals surface area contributed by atoms with Crippen molar-refractivity contribution in [3.8, 4) is 22.6 Å². The molecular formula is C20H14BrClO3. The molecule has 0 aliphatic carbocycles. The van der Waals surface area contributed by atoms with Crippen molar-refractivity contribution < 1.29 is 14.3 Å². The first-order valence-electron chi connectivity index (χ1n) is 7.56. The van der Waals surface area contributed by atoms with Gasteiger partial charge in [0.25, 0.3) is 0 Å². The molecule has 5 heteroatoms. The Morgan fingerprint density at radius 3 is 2.28 bits per heavy atom. The predicted octanol–water partition coefficient (Wildman–Crippen LogP) is 5.75. The lowest BCUT2D eigenvalue weighted by Gasteiger charge is -2.09. The zero-order valence-corrected chi connectivity index (χ0v) is 15.5. The van der Waals surface area contributed by atoms with E-state index in [2.05, 4.69) is 15.9 Å². The van der Waals surface area contributed by atoms with Gasteiger partial charge in [0.15, 0.2) is 6.61 Å². The number of halogens is 2. The molecule has 0 aromatic heterocycles. The minimum atomic E-state index is -0.494. The second-order valence-electron chi connectivity index (χ2n) is 5.23. The standard InChI is InChI=1S/C20H14BrClO3/c21-16-8-11-19(18(22)12-16)24-13-20(23)25-17-9-6-15(7-10-17)14-4-2-1-3-5-14/h1-12H,13H2. The number of esters is 1. The molecule has 0 bridgehead atoms. The highest BCUT2D eigenvalue weighted by atomic mass is 79.9. The van der Waals surface area contributed by atoms with Gasteiger partial charge in [-0.1, -0.05) is 70.0 Å². The highest BCUT2D eigenvalue weighted by Gasteiger charge is 2.09. The highest BCUT2D eigenvalue weighted by Crippen LogP contribution is 2.28. The third-order valence-electron chi connectivity index (χ3n) is 3.43. The lowest BCUT2D eigenvalue weighted by molar-refractivity contribution is -0.136. The van der Waals surface area contributed by atoms with Crippen LogP contribution in [0.25, 0.3) is 11.1 Å². The second-order valence-corrected chi connectivity index (χ2v) is 6.55. The molecule has 3 aromatic rings. The Morgan fingerprint density at radius 2 is 1.60 bits per heavy atom. The van der Waals surface area contributed by atoms with Gasteiger partial charge in [-0.15, -0.1) is 0 Å². The molecule has 0 spiro atoms. The van der Waals surface area contributed by atoms with Crippen LogP contribution in [0.4, 0.5) is 0 Å². The van der Waals surface area contributed by atoms with Gasteiger partial charge >= 0.3 is 5.97 Å². The number of benzene rings is 3. The maximum Gasteiger partial charge on any atom is 0.349 e. The number of carbonyl (C=O) groups excluding carboxylic acids is 1. The van der Waals surface area contributed by atoms with Gasteiger partial charge in [0.1, 0.15) is 11.5 Å². The molecule has 0 amide bonds. The van der Waals surface area contributed by atoms with Crippen LogP contribution in [-0.4, -0.2) is 12.6 Å². The largest absolute Gasteiger partial charge is 0.480 e. The number of hydrogen-bond acceptors (Lipinski definition) is 3. The van der Waals surface area contributed by atoms with E-state index >= 15 is 0 Å². The SMILES string of the molecule is O=C(COc1ccc(Br)cc1Cl)Oc1ccc(-c2ccccc2)cc1. The van der Waals surface area contributed by atoms with E-state index in [1.54, 1.807) is 30.3 Å². The van der Waals surface area contributed by atoms with Crippen molar-refractivity contribution in [2.24, 2.45) is 0 Å². The number of carbonyl (C=O) groups is 1. The summed E-state index contributed by atoms with van der Waals surface area (Å²) in [7, 11) is 0. The molecule has 126 valence electrons. The average Bonchev–Trinajstić information content (AvgIpc) is 2.62. The van der Waals surface area contributed by atoms with Gasteiger partial charge in [0, 0.05) is 4.47 Å². The van der Waals surface area contributed by atoms with E-state index in [4.69, 9.17) is 21.1 Å². The lowest BCUT2D eigenvalue weighted by atomic mass is 10.1. The van der Waals surface area contributed by atoms with E-state index in [1.807, 2.05) is 42.5 Å². The van der Waals surface area contributed by atoms with Gasteiger partial charge in [-0.2, -0.15) is 0 Å². The molecule has 0 radical (unpaired) electrons. The number of rotatable bonds is 5. The fraction of sp³-hybridized carbons (Fsp3) is 0.0500. The van der Waals surface area contributed by atoms with Gasteiger partial charge in [-0.3, -0.25) is 0 Å². The van der Waals surface area contributed by atoms with E-state index < -0.39 is 5.97 Å². The summed E-state index contributed by atoms with van der Waals surface area (Å²) in [6.45, 7) is -0.220. The molecule has 3 nitrogen and oxygen atoms in total. The zero-order valence-electron chi connectivity index (χ0n) is 13.1. The molecule has 3 rings (SSSR count). The van der Waals surface area contributed by atoms with Crippen LogP contribution in [0, 0.1) is 0 Å². The first kappa shape index (κ1) is 17.5. The fourth-order valence-electron chi connectivity index (χ4n) is 2.24. The Balaban J connectivity index is 1.57. The second kappa shape index (κ2) is 8.19. The lowest BCUT2D eigenvalue weighted by Crippen LogP contribution is -2.17. The maximum atomic E-state index is 11.9. The van der Waals surface area contributed by atoms with Crippen LogP contribution in [-0.2, 0) is 4.79 Å². The Hall–Kier alpha value is -2.30. The van der Waals surface area contributed by atoms with E-state index in [-0.39, 0.29) is 6.61 Å². The summed E-state index contributed by atoms with van der Waals surface area (Å²) in [5, 5.41) is 0.425. The average molecular weight is 418 g/mol. The molecule has 0 aliphatic rings. The van der Waals surface area contributed by atoms with Crippen LogP contribution in [0.1, 0.15) is 0 Å². The highest BCUT2D eigenvalue weighted by molar-refractivity contribution is 9.10. The van der Waals surface area contributed by atoms with Crippen molar-refractivity contribution in [3.05, 3.63) is 82.3 Å². The van der Waals surface area contributed by atoms with Gasteiger partial charge in [-0.05, 0) is 41.5 Å². The van der Waals surface area contributed by atoms with Crippen LogP contribution in [0.5, 0.6) is 11.5 Å². The topological polar surface area (TPSA) is 35.5 Å². The summed E-state index contributed by atoms with van der Waals surface area (Å²) in [4.78, 5) is 11.9. The molecule has 0 N–H and O–H groups in total. The Labute approximate surface area is 159 Å². The molecule has 0 aliphatic heterocycles. The van der Waals surface area contributed by atoms with Crippen LogP contribution in [0.15, 0.2) is 77.3 Å². The van der Waals surface area contributed by atoms with E-state index in [0.29, 0.717) is 16.5 Å². The smallest absolute Gasteiger partial charge is 0.349 e. The third-order valence-corrected chi connectivity index (χ3v) is 4.22. The minimum Gasteiger partial charge on any atom is -0.480 e. The maximum absolute atomic E-state index is 11.9. The van der Waals surface area contributed by atoms with Crippen LogP contribution >= 0.6 is 27.5 Å². The molecule has 25 heavy (non-hydrogen) atoms. The summed E-state index contributed by atoms with van der Waals surface area (Å²) in [5.41, 5.74) is 2.16. The normalized spacial score (nSPS) is 10.3. The van der Waals surface area contributed by atoms with Crippen molar-refractivity contribution in [1.29, 1.82) is 0 Å². The Bertz CT molecular complexity index is 864. The third kappa shape index (κ3) is 4.84. The van der Waals surface area contributed by atoms with Crippen molar-refractivity contribution >= 4 is 33.5 Å². The van der Waals surface area contributed by atoms with E-state index in [0.717, 1.165) is 15.6 Å². The minimum absolute atomic E-state index is 0.220. The van der Waals surface area contributed by atoms with Crippen LogP contribution in [0.3, 0.4) is 0 Å². The Morgan fingerprint density at radius 1 is 0.920 bits per heavy atom. The number of ether oxygens (including phenoxy) is 2. The van der Waals surface area contributed by atoms with Gasteiger partial charge < -0.3 is 9.47 Å². The molecular weight excluding hydrogens is 404 g/mol. The Kier molecular flexibility index (Phi) is 5.74. The van der Waals surface area contributed by atoms with Crippen molar-refractivity contribution in [2.75, 3.05) is 6.61 Å². The summed E-state index contributed by atoms with van der Waals surface area (Å²) >= 11 is 9.35. The molecule has 0 atom stereocenters. The molecule has 3 aromatic carbocycles. The molecule has 0 saturated carbocycles. The van der Waals surface area contributed by atoms with E-state index in [1.165, 1.54) is 0 Å². The van der Waals surface area contributed by atoms with Crippen molar-refractivity contribution in [3.63, 3.8) is 0 Å². The van der Waals surface area contributed by atoms with E-state index in [9.17, 15) is 4.79 Å². The fourth-order valence-corrected chi connectivity index (χ4v) is 2.96. The zero-order chi connectivity index (χ0) is 17.6. The quantitative estimate of drug-likeness (QED) is 0.391. The summed E-state index contributed by atoms with van der Waals surface area (Å²) in [6, 6.07) is 22.5. The van der Waals surface area contributed by atoms with Gasteiger partial charge in [0.2, 0.25) is 0 Å². The monoisotopic (exact) mass is 416 g/mol. The summed E-state index contributed by atoms with van der Waals surface area (Å²) in [6.07, 6.45) is 0. The first-order chi connectivity index (χ1) is 12.1. The molecule has 0 fully saturated rings. The predicted molar refractivity (Wildman–Crippen MR) is 102 cm³/mol. The number of hydrogen-bond donors (Lipinski definition) is 0. The van der Waals surface area contributed by atoms with Gasteiger partial charge in [-0.25, -0.2) is 4.79 Å². The first-order valence-corrected chi connectivity index (χ1v) is 8.73. The van der Waals surface area contributed by atoms with Crippen molar-refractivity contribution in [1.82, 2.24) is 0 Å². The van der Waals surface area contributed by atoms with Crippen LogP contribution in [0.2, 0.25) is 5.02 Å². The molecule has 0 heterocycles. The van der Waals surface area contributed by atoms with Crippen LogP contribution < -0.4 is 9.47 Å². The van der Waals surface area contributed by atoms with Gasteiger partial charge in [0.05, 0.1) is 5.02 Å². The summed E-state index contributed by atoms with van der Waals surface area (Å²) in [5.74, 6) is 0.405. The molecule has 0 saturated heterocycles. The molecule has 0 unspecified atom stereocenters. The van der Waals surface area contributed by atoms with Crippen molar-refractivity contribution in [2.45, 2.75) is 0 Å².